The number of hydrogen-bond donors (Lipinski definition) is 0. The van der Waals surface area contributed by atoms with Gasteiger partial charge in [0.05, 0.1) is 5.69 Å². The molecule has 0 N–H and O–H groups in total. The zero-order valence-corrected chi connectivity index (χ0v) is 9.29. The van der Waals surface area contributed by atoms with Crippen LogP contribution in [0.2, 0.25) is 4.34 Å². The molecule has 0 saturated heterocycles. The topological polar surface area (TPSA) is 12.9 Å². The lowest BCUT2D eigenvalue weighted by atomic mass is 10.2. The highest BCUT2D eigenvalue weighted by atomic mass is 35.5. The van der Waals surface area contributed by atoms with Gasteiger partial charge in [0.2, 0.25) is 0 Å². The fourth-order valence-electron chi connectivity index (χ4n) is 1.16. The average Bonchev–Trinajstić information content (AvgIpc) is 2.46. The minimum atomic E-state index is -0.625. The Bertz CT molecular complexity index is 491. The van der Waals surface area contributed by atoms with Crippen molar-refractivity contribution in [3.05, 3.63) is 39.9 Å². The standard InChI is InChI=1S/C10H6ClF2NS/c1-5-9(11)15-10(14-5)7-3-2-6(12)4-8(7)13/h2-4H,1H3. The van der Waals surface area contributed by atoms with Crippen molar-refractivity contribution in [2.24, 2.45) is 0 Å². The van der Waals surface area contributed by atoms with Crippen LogP contribution in [0.5, 0.6) is 0 Å². The van der Waals surface area contributed by atoms with Crippen molar-refractivity contribution in [3.8, 4) is 10.6 Å². The van der Waals surface area contributed by atoms with Crippen LogP contribution < -0.4 is 0 Å². The van der Waals surface area contributed by atoms with E-state index in [1.54, 1.807) is 6.92 Å². The second kappa shape index (κ2) is 3.87. The van der Waals surface area contributed by atoms with Crippen LogP contribution in [-0.2, 0) is 0 Å². The van der Waals surface area contributed by atoms with E-state index in [4.69, 9.17) is 11.6 Å². The monoisotopic (exact) mass is 245 g/mol. The van der Waals surface area contributed by atoms with Gasteiger partial charge in [-0.2, -0.15) is 0 Å². The molecule has 0 saturated carbocycles. The Balaban J connectivity index is 2.54. The summed E-state index contributed by atoms with van der Waals surface area (Å²) in [4.78, 5) is 4.10. The summed E-state index contributed by atoms with van der Waals surface area (Å²) in [5, 5.41) is 0.468. The molecule has 0 fully saturated rings. The highest BCUT2D eigenvalue weighted by Crippen LogP contribution is 2.32. The number of nitrogens with zero attached hydrogens (tertiary/aromatic N) is 1. The molecule has 2 rings (SSSR count). The van der Waals surface area contributed by atoms with Gasteiger partial charge in [-0.15, -0.1) is 11.3 Å². The third kappa shape index (κ3) is 2.01. The van der Waals surface area contributed by atoms with Gasteiger partial charge < -0.3 is 0 Å². The van der Waals surface area contributed by atoms with E-state index in [-0.39, 0.29) is 5.56 Å². The number of thiazole rings is 1. The Morgan fingerprint density at radius 3 is 2.60 bits per heavy atom. The second-order valence-corrected chi connectivity index (χ2v) is 4.60. The largest absolute Gasteiger partial charge is 0.240 e. The van der Waals surface area contributed by atoms with Crippen molar-refractivity contribution >= 4 is 22.9 Å². The lowest BCUT2D eigenvalue weighted by molar-refractivity contribution is 0.585. The molecule has 2 aromatic rings. The minimum absolute atomic E-state index is 0.274. The van der Waals surface area contributed by atoms with Crippen LogP contribution in [0.1, 0.15) is 5.69 Å². The van der Waals surface area contributed by atoms with Gasteiger partial charge in [0.1, 0.15) is 21.0 Å². The van der Waals surface area contributed by atoms with Gasteiger partial charge >= 0.3 is 0 Å². The predicted octanol–water partition coefficient (Wildman–Crippen LogP) is 4.05. The third-order valence-electron chi connectivity index (χ3n) is 1.90. The molecule has 1 aromatic carbocycles. The van der Waals surface area contributed by atoms with Crippen molar-refractivity contribution in [3.63, 3.8) is 0 Å². The van der Waals surface area contributed by atoms with E-state index in [0.717, 1.165) is 6.07 Å². The van der Waals surface area contributed by atoms with Gasteiger partial charge in [0, 0.05) is 11.6 Å². The molecule has 15 heavy (non-hydrogen) atoms. The third-order valence-corrected chi connectivity index (χ3v) is 3.39. The summed E-state index contributed by atoms with van der Waals surface area (Å²) >= 11 is 7.00. The Hall–Kier alpha value is -1.00. The van der Waals surface area contributed by atoms with Gasteiger partial charge in [-0.3, -0.25) is 0 Å². The normalized spacial score (nSPS) is 10.7. The summed E-state index contributed by atoms with van der Waals surface area (Å²) < 4.78 is 26.5. The zero-order chi connectivity index (χ0) is 11.0. The lowest BCUT2D eigenvalue weighted by Gasteiger charge is -1.97. The molecule has 0 spiro atoms. The van der Waals surface area contributed by atoms with Crippen molar-refractivity contribution in [2.75, 3.05) is 0 Å². The van der Waals surface area contributed by atoms with Crippen LogP contribution in [0.25, 0.3) is 10.6 Å². The summed E-state index contributed by atoms with van der Waals surface area (Å²) in [7, 11) is 0. The molecular formula is C10H6ClF2NS. The molecule has 0 atom stereocenters. The summed E-state index contributed by atoms with van der Waals surface area (Å²) in [5.41, 5.74) is 0.928. The number of benzene rings is 1. The van der Waals surface area contributed by atoms with Crippen LogP contribution >= 0.6 is 22.9 Å². The van der Waals surface area contributed by atoms with Crippen molar-refractivity contribution in [1.82, 2.24) is 4.98 Å². The molecular weight excluding hydrogens is 240 g/mol. The lowest BCUT2D eigenvalue weighted by Crippen LogP contribution is -1.85. The molecule has 78 valence electrons. The van der Waals surface area contributed by atoms with Gasteiger partial charge in [-0.1, -0.05) is 11.6 Å². The smallest absolute Gasteiger partial charge is 0.136 e. The van der Waals surface area contributed by atoms with E-state index < -0.39 is 11.6 Å². The van der Waals surface area contributed by atoms with Crippen LogP contribution in [0.4, 0.5) is 8.78 Å². The summed E-state index contributed by atoms with van der Waals surface area (Å²) in [6, 6.07) is 3.39. The molecule has 0 aliphatic rings. The number of aromatic nitrogens is 1. The van der Waals surface area contributed by atoms with E-state index in [1.807, 2.05) is 0 Å². The first-order valence-corrected chi connectivity index (χ1v) is 5.35. The molecule has 0 unspecified atom stereocenters. The molecule has 0 aliphatic carbocycles. The van der Waals surface area contributed by atoms with Crippen molar-refractivity contribution in [2.45, 2.75) is 6.92 Å². The molecule has 0 amide bonds. The Morgan fingerprint density at radius 1 is 1.33 bits per heavy atom. The van der Waals surface area contributed by atoms with Crippen LogP contribution in [0.3, 0.4) is 0 Å². The average molecular weight is 246 g/mol. The van der Waals surface area contributed by atoms with E-state index in [1.165, 1.54) is 23.5 Å². The first-order valence-electron chi connectivity index (χ1n) is 4.16. The summed E-state index contributed by atoms with van der Waals surface area (Å²) in [5.74, 6) is -1.23. The van der Waals surface area contributed by atoms with Gasteiger partial charge in [0.15, 0.2) is 0 Å². The van der Waals surface area contributed by atoms with Crippen molar-refractivity contribution < 1.29 is 8.78 Å². The first-order chi connectivity index (χ1) is 7.08. The van der Waals surface area contributed by atoms with E-state index in [9.17, 15) is 8.78 Å². The van der Waals surface area contributed by atoms with Gasteiger partial charge in [-0.05, 0) is 19.1 Å². The number of halogens is 3. The summed E-state index contributed by atoms with van der Waals surface area (Å²) in [6.07, 6.45) is 0. The number of aryl methyl sites for hydroxylation is 1. The molecule has 1 nitrogen and oxygen atoms in total. The maximum absolute atomic E-state index is 13.4. The van der Waals surface area contributed by atoms with Crippen LogP contribution in [0.15, 0.2) is 18.2 Å². The van der Waals surface area contributed by atoms with Crippen LogP contribution in [-0.4, -0.2) is 4.98 Å². The summed E-state index contributed by atoms with van der Waals surface area (Å²) in [6.45, 7) is 1.74. The van der Waals surface area contributed by atoms with E-state index >= 15 is 0 Å². The van der Waals surface area contributed by atoms with Crippen molar-refractivity contribution in [1.29, 1.82) is 0 Å². The Morgan fingerprint density at radius 2 is 2.07 bits per heavy atom. The SMILES string of the molecule is Cc1nc(-c2ccc(F)cc2F)sc1Cl. The zero-order valence-electron chi connectivity index (χ0n) is 7.72. The van der Waals surface area contributed by atoms with Crippen LogP contribution in [0, 0.1) is 18.6 Å². The van der Waals surface area contributed by atoms with Gasteiger partial charge in [0.25, 0.3) is 0 Å². The van der Waals surface area contributed by atoms with E-state index in [2.05, 4.69) is 4.98 Å². The maximum atomic E-state index is 13.4. The highest BCUT2D eigenvalue weighted by molar-refractivity contribution is 7.19. The fraction of sp³-hybridized carbons (Fsp3) is 0.100. The molecule has 0 bridgehead atoms. The molecule has 5 heteroatoms. The highest BCUT2D eigenvalue weighted by Gasteiger charge is 2.12. The first kappa shape index (κ1) is 10.5. The fourth-order valence-corrected chi connectivity index (χ4v) is 2.24. The van der Waals surface area contributed by atoms with E-state index in [0.29, 0.717) is 15.0 Å². The number of hydrogen-bond acceptors (Lipinski definition) is 2. The molecule has 0 radical (unpaired) electrons. The maximum Gasteiger partial charge on any atom is 0.136 e. The van der Waals surface area contributed by atoms with Gasteiger partial charge in [-0.25, -0.2) is 13.8 Å². The quantitative estimate of drug-likeness (QED) is 0.739. The second-order valence-electron chi connectivity index (χ2n) is 3.00. The number of rotatable bonds is 1. The molecule has 1 aromatic heterocycles. The predicted molar refractivity (Wildman–Crippen MR) is 57.2 cm³/mol. The molecule has 1 heterocycles. The Kier molecular flexibility index (Phi) is 2.71. The Labute approximate surface area is 94.3 Å². The minimum Gasteiger partial charge on any atom is -0.240 e. The molecule has 0 aliphatic heterocycles.